The minimum atomic E-state index is -1.39. The van der Waals surface area contributed by atoms with E-state index in [2.05, 4.69) is 5.32 Å². The SMILES string of the molecule is CC(=O)Oc1ccc(C(=O)[C@H]2[C@H](C(=O)c3ccc(C)cc3)[C@@]3(C(=O)Nc4ccccc43)[C@H]3c4ccccc4C=CN23)cc1. The number of carbonyl (C=O) groups is 4. The highest BCUT2D eigenvalue weighted by Crippen LogP contribution is 2.62. The molecule has 1 amide bonds. The molecule has 0 bridgehead atoms. The van der Waals surface area contributed by atoms with Gasteiger partial charge in [0.05, 0.1) is 12.0 Å². The minimum absolute atomic E-state index is 0.276. The van der Waals surface area contributed by atoms with Crippen molar-refractivity contribution in [2.45, 2.75) is 31.3 Å². The van der Waals surface area contributed by atoms with Gasteiger partial charge in [-0.15, -0.1) is 0 Å². The Bertz CT molecular complexity index is 1840. The number of nitrogens with one attached hydrogen (secondary N) is 1. The van der Waals surface area contributed by atoms with E-state index in [0.717, 1.165) is 16.7 Å². The molecule has 4 atom stereocenters. The number of nitrogens with zero attached hydrogens (tertiary/aromatic N) is 1. The van der Waals surface area contributed by atoms with Crippen molar-refractivity contribution in [2.24, 2.45) is 5.92 Å². The maximum atomic E-state index is 14.8. The average Bonchev–Trinajstić information content (AvgIpc) is 3.49. The number of fused-ring (bicyclic) bond motifs is 6. The molecule has 1 N–H and O–H groups in total. The number of ketones is 2. The number of amides is 1. The zero-order chi connectivity index (χ0) is 29.9. The summed E-state index contributed by atoms with van der Waals surface area (Å²) in [5, 5.41) is 3.06. The van der Waals surface area contributed by atoms with Gasteiger partial charge in [0.25, 0.3) is 0 Å². The van der Waals surface area contributed by atoms with Crippen LogP contribution in [0.25, 0.3) is 6.08 Å². The van der Waals surface area contributed by atoms with Crippen LogP contribution < -0.4 is 10.1 Å². The summed E-state index contributed by atoms with van der Waals surface area (Å²) >= 11 is 0. The van der Waals surface area contributed by atoms with E-state index >= 15 is 0 Å². The normalized spacial score (nSPS) is 22.9. The van der Waals surface area contributed by atoms with Crippen molar-refractivity contribution in [3.05, 3.63) is 137 Å². The van der Waals surface area contributed by atoms with E-state index in [-0.39, 0.29) is 17.5 Å². The maximum absolute atomic E-state index is 14.8. The molecule has 0 saturated carbocycles. The molecule has 1 fully saturated rings. The van der Waals surface area contributed by atoms with Crippen LogP contribution in [0.1, 0.15) is 55.9 Å². The quantitative estimate of drug-likeness (QED) is 0.183. The highest BCUT2D eigenvalue weighted by atomic mass is 16.5. The Morgan fingerprint density at radius 1 is 0.814 bits per heavy atom. The van der Waals surface area contributed by atoms with E-state index in [1.54, 1.807) is 36.4 Å². The molecule has 3 aliphatic heterocycles. The summed E-state index contributed by atoms with van der Waals surface area (Å²) in [5.41, 5.74) is 3.53. The lowest BCUT2D eigenvalue weighted by Crippen LogP contribution is -2.49. The van der Waals surface area contributed by atoms with Gasteiger partial charge in [-0.25, -0.2) is 0 Å². The zero-order valence-corrected chi connectivity index (χ0v) is 23.6. The van der Waals surface area contributed by atoms with Crippen LogP contribution in [-0.4, -0.2) is 34.4 Å². The van der Waals surface area contributed by atoms with Crippen LogP contribution in [-0.2, 0) is 15.0 Å². The van der Waals surface area contributed by atoms with Gasteiger partial charge >= 0.3 is 5.97 Å². The van der Waals surface area contributed by atoms with Gasteiger partial charge < -0.3 is 15.0 Å². The van der Waals surface area contributed by atoms with E-state index in [1.165, 1.54) is 6.92 Å². The number of aryl methyl sites for hydroxylation is 1. The van der Waals surface area contributed by atoms with Crippen LogP contribution >= 0.6 is 0 Å². The van der Waals surface area contributed by atoms with E-state index in [0.29, 0.717) is 28.1 Å². The molecule has 3 aliphatic rings. The fraction of sp³-hybridized carbons (Fsp3) is 0.167. The van der Waals surface area contributed by atoms with Gasteiger partial charge in [0.2, 0.25) is 5.91 Å². The van der Waals surface area contributed by atoms with Crippen LogP contribution in [0.15, 0.2) is 103 Å². The van der Waals surface area contributed by atoms with Crippen molar-refractivity contribution in [1.82, 2.24) is 4.90 Å². The fourth-order valence-corrected chi connectivity index (χ4v) is 7.09. The van der Waals surface area contributed by atoms with Crippen molar-refractivity contribution < 1.29 is 23.9 Å². The molecule has 7 rings (SSSR count). The molecule has 43 heavy (non-hydrogen) atoms. The molecule has 0 aromatic heterocycles. The molecule has 3 heterocycles. The summed E-state index contributed by atoms with van der Waals surface area (Å²) in [6, 6.07) is 27.2. The number of hydrogen-bond acceptors (Lipinski definition) is 6. The summed E-state index contributed by atoms with van der Waals surface area (Å²) in [4.78, 5) is 57.3. The largest absolute Gasteiger partial charge is 0.427 e. The predicted octanol–water partition coefficient (Wildman–Crippen LogP) is 5.90. The second-order valence-corrected chi connectivity index (χ2v) is 11.3. The zero-order valence-electron chi connectivity index (χ0n) is 23.6. The molecule has 7 heteroatoms. The van der Waals surface area contributed by atoms with Gasteiger partial charge in [0, 0.05) is 29.9 Å². The lowest BCUT2D eigenvalue weighted by atomic mass is 9.62. The van der Waals surface area contributed by atoms with Gasteiger partial charge in [0.1, 0.15) is 17.2 Å². The molecule has 1 spiro atoms. The van der Waals surface area contributed by atoms with E-state index in [9.17, 15) is 19.2 Å². The number of carbonyl (C=O) groups excluding carboxylic acids is 4. The Hall–Kier alpha value is -5.30. The third kappa shape index (κ3) is 3.96. The van der Waals surface area contributed by atoms with Gasteiger partial charge in [-0.1, -0.05) is 72.3 Å². The van der Waals surface area contributed by atoms with Gasteiger partial charge in [0.15, 0.2) is 11.6 Å². The fourth-order valence-electron chi connectivity index (χ4n) is 7.09. The van der Waals surface area contributed by atoms with Crippen molar-refractivity contribution >= 4 is 35.2 Å². The van der Waals surface area contributed by atoms with E-state index in [4.69, 9.17) is 4.74 Å². The molecule has 4 aromatic rings. The molecule has 7 nitrogen and oxygen atoms in total. The van der Waals surface area contributed by atoms with Gasteiger partial charge in [-0.05, 0) is 60.0 Å². The second kappa shape index (κ2) is 9.91. The van der Waals surface area contributed by atoms with Crippen LogP contribution in [0.5, 0.6) is 5.75 Å². The van der Waals surface area contributed by atoms with E-state index < -0.39 is 29.4 Å². The van der Waals surface area contributed by atoms with Crippen LogP contribution in [0.4, 0.5) is 5.69 Å². The monoisotopic (exact) mass is 568 g/mol. The smallest absolute Gasteiger partial charge is 0.308 e. The van der Waals surface area contributed by atoms with E-state index in [1.807, 2.05) is 84.8 Å². The molecule has 0 radical (unpaired) electrons. The Labute approximate surface area is 248 Å². The summed E-state index contributed by atoms with van der Waals surface area (Å²) in [5.74, 6) is -2.09. The standard InChI is InChI=1S/C36H28N2O5/c1-21-11-13-24(14-12-21)32(40)30-31(33(41)25-15-17-26(18-16-25)43-22(2)39)38-20-19-23-7-3-4-8-27(23)34(38)36(30)28-9-5-6-10-29(28)37-35(36)42/h3-20,30-31,34H,1-2H3,(H,37,42)/t30-,31-,34-,36-/m1/s1. The summed E-state index contributed by atoms with van der Waals surface area (Å²) < 4.78 is 5.18. The number of Topliss-reactive ketones (excluding diaryl/α,β-unsaturated/α-hetero) is 2. The van der Waals surface area contributed by atoms with Crippen molar-refractivity contribution in [2.75, 3.05) is 5.32 Å². The Morgan fingerprint density at radius 2 is 1.47 bits per heavy atom. The Morgan fingerprint density at radius 3 is 2.21 bits per heavy atom. The number of anilines is 1. The second-order valence-electron chi connectivity index (χ2n) is 11.3. The molecular formula is C36H28N2O5. The first-order valence-corrected chi connectivity index (χ1v) is 14.2. The molecule has 1 saturated heterocycles. The highest BCUT2D eigenvalue weighted by Gasteiger charge is 2.70. The minimum Gasteiger partial charge on any atom is -0.427 e. The van der Waals surface area contributed by atoms with Gasteiger partial charge in [-0.2, -0.15) is 0 Å². The molecule has 0 aliphatic carbocycles. The van der Waals surface area contributed by atoms with Crippen molar-refractivity contribution in [3.8, 4) is 5.75 Å². The first-order chi connectivity index (χ1) is 20.8. The number of benzene rings is 4. The molecule has 4 aromatic carbocycles. The predicted molar refractivity (Wildman–Crippen MR) is 162 cm³/mol. The summed E-state index contributed by atoms with van der Waals surface area (Å²) in [6.45, 7) is 3.25. The Kier molecular flexibility index (Phi) is 6.13. The topological polar surface area (TPSA) is 92.8 Å². The molecular weight excluding hydrogens is 540 g/mol. The third-order valence-corrected chi connectivity index (χ3v) is 8.86. The van der Waals surface area contributed by atoms with Crippen LogP contribution in [0.2, 0.25) is 0 Å². The lowest BCUT2D eigenvalue weighted by Gasteiger charge is -2.38. The highest BCUT2D eigenvalue weighted by molar-refractivity contribution is 6.16. The van der Waals surface area contributed by atoms with Crippen LogP contribution in [0, 0.1) is 12.8 Å². The number of ether oxygens (including phenoxy) is 1. The lowest BCUT2D eigenvalue weighted by molar-refractivity contribution is -0.131. The maximum Gasteiger partial charge on any atom is 0.308 e. The average molecular weight is 569 g/mol. The number of hydrogen-bond donors (Lipinski definition) is 1. The molecule has 212 valence electrons. The third-order valence-electron chi connectivity index (χ3n) is 8.86. The van der Waals surface area contributed by atoms with Crippen molar-refractivity contribution in [1.29, 1.82) is 0 Å². The number of rotatable bonds is 5. The summed E-state index contributed by atoms with van der Waals surface area (Å²) in [6.07, 6.45) is 3.78. The summed E-state index contributed by atoms with van der Waals surface area (Å²) in [7, 11) is 0. The molecule has 0 unspecified atom stereocenters. The van der Waals surface area contributed by atoms with Crippen LogP contribution in [0.3, 0.4) is 0 Å². The Balaban J connectivity index is 1.48. The van der Waals surface area contributed by atoms with Crippen molar-refractivity contribution in [3.63, 3.8) is 0 Å². The first kappa shape index (κ1) is 26.6. The van der Waals surface area contributed by atoms with Gasteiger partial charge in [-0.3, -0.25) is 19.2 Å². The first-order valence-electron chi connectivity index (χ1n) is 14.2. The number of esters is 1. The number of para-hydroxylation sites is 1.